The van der Waals surface area contributed by atoms with Crippen LogP contribution >= 0.6 is 0 Å². The molecular weight excluding hydrogens is 306 g/mol. The molecule has 0 spiro atoms. The Balaban J connectivity index is 1.97. The summed E-state index contributed by atoms with van der Waals surface area (Å²) < 4.78 is 41.7. The highest BCUT2D eigenvalue weighted by molar-refractivity contribution is 6.36. The summed E-state index contributed by atoms with van der Waals surface area (Å²) in [4.78, 5) is 0. The zero-order chi connectivity index (χ0) is 16.2. The zero-order valence-corrected chi connectivity index (χ0v) is 14.4. The Hall–Kier alpha value is -0.823. The fourth-order valence-electron chi connectivity index (χ4n) is 2.21. The van der Waals surface area contributed by atoms with Crippen LogP contribution in [0.3, 0.4) is 0 Å². The van der Waals surface area contributed by atoms with E-state index in [1.807, 2.05) is 0 Å². The predicted molar refractivity (Wildman–Crippen MR) is 83.5 cm³/mol. The summed E-state index contributed by atoms with van der Waals surface area (Å²) in [7, 11) is 1.65. The van der Waals surface area contributed by atoms with Crippen LogP contribution in [0, 0.1) is 11.6 Å². The number of rotatable bonds is 12. The van der Waals surface area contributed by atoms with Gasteiger partial charge in [-0.2, -0.15) is 0 Å². The Morgan fingerprint density at radius 1 is 0.909 bits per heavy atom. The molecule has 0 fully saturated rings. The lowest BCUT2D eigenvalue weighted by Crippen LogP contribution is -2.24. The first-order chi connectivity index (χ1) is 10.7. The van der Waals surface area contributed by atoms with E-state index in [1.165, 1.54) is 12.1 Å². The number of aryl methyl sites for hydroxylation is 1. The number of halogens is 2. The average Bonchev–Trinajstić information content (AvgIpc) is 2.51. The number of unbranched alkanes of at least 4 members (excludes halogenated alkanes) is 5. The minimum Gasteiger partial charge on any atom is -0.375 e. The van der Waals surface area contributed by atoms with Crippen LogP contribution in [0.5, 0.6) is 0 Å². The molecule has 0 aliphatic heterocycles. The van der Waals surface area contributed by atoms with E-state index in [4.69, 9.17) is 13.3 Å². The first-order valence-electron chi connectivity index (χ1n) is 7.69. The molecular formula is C16H25F2O3Si. The first kappa shape index (κ1) is 19.2. The third-order valence-electron chi connectivity index (χ3n) is 3.41. The van der Waals surface area contributed by atoms with Crippen molar-refractivity contribution >= 4 is 9.53 Å². The van der Waals surface area contributed by atoms with Crippen LogP contribution in [0.25, 0.3) is 0 Å². The fraction of sp³-hybridized carbons (Fsp3) is 0.625. The largest absolute Gasteiger partial charge is 0.577 e. The molecule has 0 saturated carbocycles. The molecule has 1 rings (SSSR count). The highest BCUT2D eigenvalue weighted by Crippen LogP contribution is 2.14. The second-order valence-corrected chi connectivity index (χ2v) is 6.72. The molecule has 22 heavy (non-hydrogen) atoms. The zero-order valence-electron chi connectivity index (χ0n) is 13.4. The van der Waals surface area contributed by atoms with Crippen molar-refractivity contribution in [2.75, 3.05) is 20.8 Å². The molecule has 0 aromatic heterocycles. The van der Waals surface area contributed by atoms with E-state index in [0.29, 0.717) is 18.6 Å². The molecule has 0 unspecified atom stereocenters. The average molecular weight is 331 g/mol. The Morgan fingerprint density at radius 3 is 2.18 bits per heavy atom. The van der Waals surface area contributed by atoms with Gasteiger partial charge in [0.05, 0.1) is 0 Å². The smallest absolute Gasteiger partial charge is 0.375 e. The van der Waals surface area contributed by atoms with Crippen molar-refractivity contribution in [3.63, 3.8) is 0 Å². The van der Waals surface area contributed by atoms with Gasteiger partial charge in [0.15, 0.2) is 0 Å². The highest BCUT2D eigenvalue weighted by atomic mass is 28.3. The molecule has 0 aliphatic rings. The molecule has 0 atom stereocenters. The molecule has 1 aromatic carbocycles. The maximum atomic E-state index is 13.4. The van der Waals surface area contributed by atoms with Gasteiger partial charge in [-0.15, -0.1) is 0 Å². The molecule has 0 saturated heterocycles. The van der Waals surface area contributed by atoms with E-state index in [1.54, 1.807) is 14.2 Å². The van der Waals surface area contributed by atoms with Crippen molar-refractivity contribution in [1.82, 2.24) is 0 Å². The van der Waals surface area contributed by atoms with Crippen LogP contribution in [-0.4, -0.2) is 30.4 Å². The third kappa shape index (κ3) is 7.98. The van der Waals surface area contributed by atoms with Gasteiger partial charge in [0, 0.05) is 26.9 Å². The summed E-state index contributed by atoms with van der Waals surface area (Å²) in [5.41, 5.74) is 0.601. The quantitative estimate of drug-likeness (QED) is 0.425. The van der Waals surface area contributed by atoms with Crippen LogP contribution in [0.1, 0.15) is 44.1 Å². The third-order valence-corrected chi connectivity index (χ3v) is 4.52. The summed E-state index contributed by atoms with van der Waals surface area (Å²) in [6.45, 7) is 0.663. The lowest BCUT2D eigenvalue weighted by Gasteiger charge is -2.09. The normalized spacial score (nSPS) is 11.3. The van der Waals surface area contributed by atoms with Crippen LogP contribution in [0.2, 0.25) is 0 Å². The van der Waals surface area contributed by atoms with E-state index in [-0.39, 0.29) is 0 Å². The maximum absolute atomic E-state index is 13.4. The van der Waals surface area contributed by atoms with E-state index < -0.39 is 21.2 Å². The van der Waals surface area contributed by atoms with Crippen LogP contribution < -0.4 is 0 Å². The fourth-order valence-corrected chi connectivity index (χ4v) is 2.92. The van der Waals surface area contributed by atoms with E-state index in [2.05, 4.69) is 0 Å². The van der Waals surface area contributed by atoms with Gasteiger partial charge in [0.2, 0.25) is 0 Å². The molecule has 3 nitrogen and oxygen atoms in total. The van der Waals surface area contributed by atoms with Gasteiger partial charge in [-0.3, -0.25) is 0 Å². The van der Waals surface area contributed by atoms with Gasteiger partial charge in [-0.1, -0.05) is 31.7 Å². The molecule has 0 N–H and O–H groups in total. The van der Waals surface area contributed by atoms with Gasteiger partial charge in [0.1, 0.15) is 11.6 Å². The molecule has 1 radical (unpaired) electrons. The van der Waals surface area contributed by atoms with E-state index in [0.717, 1.165) is 44.6 Å². The number of hydrogen-bond donors (Lipinski definition) is 0. The standard InChI is InChI=1S/C16H25F2O3Si/c1-19-22(20-2)21-12-8-6-4-3-5-7-9-14-10-11-15(17)13-16(14)18/h10-11,13H,3-9,12H2,1-2H3. The highest BCUT2D eigenvalue weighted by Gasteiger charge is 2.13. The molecule has 125 valence electrons. The first-order valence-corrected chi connectivity index (χ1v) is 8.91. The maximum Gasteiger partial charge on any atom is 0.577 e. The van der Waals surface area contributed by atoms with Crippen molar-refractivity contribution in [1.29, 1.82) is 0 Å². The predicted octanol–water partition coefficient (Wildman–Crippen LogP) is 4.14. The second-order valence-electron chi connectivity index (χ2n) is 5.11. The Kier molecular flexibility index (Phi) is 10.2. The van der Waals surface area contributed by atoms with Gasteiger partial charge < -0.3 is 13.3 Å². The molecule has 6 heteroatoms. The van der Waals surface area contributed by atoms with Crippen LogP contribution in [0.15, 0.2) is 18.2 Å². The summed E-state index contributed by atoms with van der Waals surface area (Å²) >= 11 is 0. The van der Waals surface area contributed by atoms with E-state index in [9.17, 15) is 8.78 Å². The summed E-state index contributed by atoms with van der Waals surface area (Å²) in [6, 6.07) is 3.80. The topological polar surface area (TPSA) is 27.7 Å². The summed E-state index contributed by atoms with van der Waals surface area (Å²) in [5.74, 6) is -0.957. The van der Waals surface area contributed by atoms with Gasteiger partial charge >= 0.3 is 9.53 Å². The minimum atomic E-state index is -1.52. The molecule has 0 heterocycles. The Morgan fingerprint density at radius 2 is 1.55 bits per heavy atom. The van der Waals surface area contributed by atoms with Gasteiger partial charge in [-0.25, -0.2) is 8.78 Å². The van der Waals surface area contributed by atoms with Crippen LogP contribution in [-0.2, 0) is 19.7 Å². The molecule has 0 aliphatic carbocycles. The van der Waals surface area contributed by atoms with Crippen molar-refractivity contribution in [3.8, 4) is 0 Å². The van der Waals surface area contributed by atoms with Crippen molar-refractivity contribution in [3.05, 3.63) is 35.4 Å². The van der Waals surface area contributed by atoms with Crippen molar-refractivity contribution < 1.29 is 22.1 Å². The monoisotopic (exact) mass is 331 g/mol. The van der Waals surface area contributed by atoms with Crippen molar-refractivity contribution in [2.45, 2.75) is 44.9 Å². The SMILES string of the molecule is CO[Si](OC)OCCCCCCCCc1ccc(F)cc1F. The van der Waals surface area contributed by atoms with Gasteiger partial charge in [-0.05, 0) is 30.9 Å². The minimum absolute atomic E-state index is 0.439. The molecule has 1 aromatic rings. The van der Waals surface area contributed by atoms with Crippen molar-refractivity contribution in [2.24, 2.45) is 0 Å². The Labute approximate surface area is 133 Å². The lowest BCUT2D eigenvalue weighted by molar-refractivity contribution is 0.133. The Bertz CT molecular complexity index is 414. The van der Waals surface area contributed by atoms with Crippen LogP contribution in [0.4, 0.5) is 8.78 Å². The lowest BCUT2D eigenvalue weighted by atomic mass is 10.0. The van der Waals surface area contributed by atoms with E-state index >= 15 is 0 Å². The second kappa shape index (κ2) is 11.7. The van der Waals surface area contributed by atoms with Gasteiger partial charge in [0.25, 0.3) is 0 Å². The number of benzene rings is 1. The summed E-state index contributed by atoms with van der Waals surface area (Å²) in [6.07, 6.45) is 7.01. The summed E-state index contributed by atoms with van der Waals surface area (Å²) in [5, 5.41) is 0. The number of hydrogen-bond acceptors (Lipinski definition) is 3. The molecule has 0 amide bonds. The molecule has 0 bridgehead atoms.